The van der Waals surface area contributed by atoms with Gasteiger partial charge in [0.05, 0.1) is 6.10 Å². The van der Waals surface area contributed by atoms with Crippen LogP contribution < -0.4 is 0 Å². The van der Waals surface area contributed by atoms with Crippen LogP contribution in [0.4, 0.5) is 0 Å². The number of thiol groups is 1. The maximum atomic E-state index is 12.2. The van der Waals surface area contributed by atoms with Crippen molar-refractivity contribution in [3.8, 4) is 0 Å². The predicted molar refractivity (Wildman–Crippen MR) is 104 cm³/mol. The largest absolute Gasteiger partial charge is 0.481 e. The van der Waals surface area contributed by atoms with E-state index in [1.54, 1.807) is 0 Å². The lowest BCUT2D eigenvalue weighted by Crippen LogP contribution is -2.16. The quantitative estimate of drug-likeness (QED) is 0.274. The van der Waals surface area contributed by atoms with Crippen molar-refractivity contribution in [3.63, 3.8) is 0 Å². The number of carboxylic acid groups (broad SMARTS) is 1. The number of unbranched alkanes of at least 4 members (excludes halogenated alkanes) is 3. The molecule has 0 aromatic heterocycles. The minimum Gasteiger partial charge on any atom is -0.481 e. The molecule has 0 aliphatic heterocycles. The third-order valence-electron chi connectivity index (χ3n) is 4.71. The molecular formula is C20H32O4S. The van der Waals surface area contributed by atoms with Crippen molar-refractivity contribution in [2.45, 2.75) is 76.1 Å². The molecule has 1 fully saturated rings. The molecule has 4 nitrogen and oxygen atoms in total. The van der Waals surface area contributed by atoms with Crippen LogP contribution in [0.2, 0.25) is 0 Å². The molecule has 4 atom stereocenters. The average Bonchev–Trinajstić information content (AvgIpc) is 2.82. The maximum absolute atomic E-state index is 12.2. The van der Waals surface area contributed by atoms with E-state index in [0.717, 1.165) is 25.7 Å². The summed E-state index contributed by atoms with van der Waals surface area (Å²) < 4.78 is 0. The number of Topliss-reactive ketones (excluding diaryl/α,β-unsaturated/α-hetero) is 1. The smallest absolute Gasteiger partial charge is 0.303 e. The van der Waals surface area contributed by atoms with Crippen LogP contribution in [0.25, 0.3) is 0 Å². The zero-order valence-electron chi connectivity index (χ0n) is 15.1. The zero-order valence-corrected chi connectivity index (χ0v) is 16.0. The molecule has 4 unspecified atom stereocenters. The van der Waals surface area contributed by atoms with Gasteiger partial charge < -0.3 is 10.2 Å². The Morgan fingerprint density at radius 2 is 2.08 bits per heavy atom. The predicted octanol–water partition coefficient (Wildman–Crippen LogP) is 4.19. The summed E-state index contributed by atoms with van der Waals surface area (Å²) in [4.78, 5) is 22.7. The van der Waals surface area contributed by atoms with Crippen LogP contribution in [0, 0.1) is 11.8 Å². The van der Waals surface area contributed by atoms with Gasteiger partial charge in [-0.15, -0.1) is 0 Å². The van der Waals surface area contributed by atoms with E-state index in [4.69, 9.17) is 5.11 Å². The molecular weight excluding hydrogens is 336 g/mol. The van der Waals surface area contributed by atoms with Crippen LogP contribution in [-0.4, -0.2) is 33.3 Å². The van der Waals surface area contributed by atoms with Gasteiger partial charge in [-0.05, 0) is 31.6 Å². The van der Waals surface area contributed by atoms with Gasteiger partial charge in [0, 0.05) is 24.0 Å². The fraction of sp³-hybridized carbons (Fsp3) is 0.700. The molecule has 1 aliphatic rings. The lowest BCUT2D eigenvalue weighted by molar-refractivity contribution is -0.137. The number of carbonyl (C=O) groups excluding carboxylic acids is 1. The average molecular weight is 369 g/mol. The Morgan fingerprint density at radius 1 is 1.32 bits per heavy atom. The van der Waals surface area contributed by atoms with Gasteiger partial charge in [0.2, 0.25) is 0 Å². The highest BCUT2D eigenvalue weighted by Gasteiger charge is 2.38. The molecule has 2 N–H and O–H groups in total. The second-order valence-electron chi connectivity index (χ2n) is 6.86. The number of hydrogen-bond donors (Lipinski definition) is 3. The van der Waals surface area contributed by atoms with Gasteiger partial charge in [-0.1, -0.05) is 50.5 Å². The molecule has 25 heavy (non-hydrogen) atoms. The molecule has 5 heteroatoms. The highest BCUT2D eigenvalue weighted by Crippen LogP contribution is 2.36. The minimum atomic E-state index is -0.778. The lowest BCUT2D eigenvalue weighted by atomic mass is 9.91. The number of hydrogen-bond acceptors (Lipinski definition) is 4. The monoisotopic (exact) mass is 368 g/mol. The van der Waals surface area contributed by atoms with E-state index in [0.29, 0.717) is 25.7 Å². The molecule has 1 rings (SSSR count). The van der Waals surface area contributed by atoms with Crippen LogP contribution >= 0.6 is 12.6 Å². The standard InChI is InChI=1S/C20H32O4S/c1-2-3-6-9-15(21)12-13-17-16(18(22)14-19(17)25)10-7-4-5-8-11-20(23)24/h4,7,12-13,15-17,19,21,25H,2-3,5-6,8-11,14H2,1H3,(H,23,24). The van der Waals surface area contributed by atoms with Gasteiger partial charge in [0.1, 0.15) is 5.78 Å². The third-order valence-corrected chi connectivity index (χ3v) is 5.24. The van der Waals surface area contributed by atoms with Crippen molar-refractivity contribution >= 4 is 24.4 Å². The van der Waals surface area contributed by atoms with Crippen LogP contribution in [0.5, 0.6) is 0 Å². The Labute approximate surface area is 156 Å². The number of ketones is 1. The van der Waals surface area contributed by atoms with Crippen molar-refractivity contribution in [3.05, 3.63) is 24.3 Å². The van der Waals surface area contributed by atoms with E-state index in [-0.39, 0.29) is 29.3 Å². The first-order valence-electron chi connectivity index (χ1n) is 9.39. The summed E-state index contributed by atoms with van der Waals surface area (Å²) >= 11 is 4.55. The van der Waals surface area contributed by atoms with E-state index in [1.165, 1.54) is 0 Å². The Hall–Kier alpha value is -1.07. The van der Waals surface area contributed by atoms with Gasteiger partial charge in [-0.2, -0.15) is 12.6 Å². The number of rotatable bonds is 12. The first-order valence-corrected chi connectivity index (χ1v) is 9.91. The van der Waals surface area contributed by atoms with Gasteiger partial charge in [0.25, 0.3) is 0 Å². The number of aliphatic carboxylic acids is 1. The van der Waals surface area contributed by atoms with Crippen molar-refractivity contribution in [2.24, 2.45) is 11.8 Å². The molecule has 0 aromatic carbocycles. The lowest BCUT2D eigenvalue weighted by Gasteiger charge is -2.17. The number of aliphatic hydroxyl groups excluding tert-OH is 1. The Morgan fingerprint density at radius 3 is 2.76 bits per heavy atom. The summed E-state index contributed by atoms with van der Waals surface area (Å²) in [6.07, 6.45) is 14.0. The summed E-state index contributed by atoms with van der Waals surface area (Å²) in [5.41, 5.74) is 0. The van der Waals surface area contributed by atoms with Gasteiger partial charge in [0.15, 0.2) is 0 Å². The Balaban J connectivity index is 2.48. The van der Waals surface area contributed by atoms with Crippen molar-refractivity contribution < 1.29 is 19.8 Å². The van der Waals surface area contributed by atoms with Gasteiger partial charge in [-0.3, -0.25) is 9.59 Å². The molecule has 0 radical (unpaired) electrons. The number of carboxylic acids is 1. The van der Waals surface area contributed by atoms with Crippen molar-refractivity contribution in [1.82, 2.24) is 0 Å². The fourth-order valence-electron chi connectivity index (χ4n) is 3.22. The van der Waals surface area contributed by atoms with E-state index in [9.17, 15) is 14.7 Å². The van der Waals surface area contributed by atoms with E-state index < -0.39 is 12.1 Å². The first-order chi connectivity index (χ1) is 12.0. The topological polar surface area (TPSA) is 74.6 Å². The summed E-state index contributed by atoms with van der Waals surface area (Å²) in [5.74, 6) is -0.581. The SMILES string of the molecule is CCCCCC(O)C=CC1C(S)CC(=O)C1CC=CCCCC(=O)O. The van der Waals surface area contributed by atoms with Crippen molar-refractivity contribution in [2.75, 3.05) is 0 Å². The second kappa shape index (κ2) is 12.3. The van der Waals surface area contributed by atoms with Gasteiger partial charge in [-0.25, -0.2) is 0 Å². The summed E-state index contributed by atoms with van der Waals surface area (Å²) in [6, 6.07) is 0. The summed E-state index contributed by atoms with van der Waals surface area (Å²) in [6.45, 7) is 2.14. The van der Waals surface area contributed by atoms with Crippen LogP contribution in [0.1, 0.15) is 64.7 Å². The maximum Gasteiger partial charge on any atom is 0.303 e. The molecule has 0 bridgehead atoms. The molecule has 1 aliphatic carbocycles. The second-order valence-corrected chi connectivity index (χ2v) is 7.53. The normalized spacial score (nSPS) is 25.2. The van der Waals surface area contributed by atoms with E-state index >= 15 is 0 Å². The molecule has 0 amide bonds. The van der Waals surface area contributed by atoms with E-state index in [2.05, 4.69) is 19.6 Å². The van der Waals surface area contributed by atoms with E-state index in [1.807, 2.05) is 24.3 Å². The number of aliphatic hydroxyl groups is 1. The zero-order chi connectivity index (χ0) is 18.7. The molecule has 1 saturated carbocycles. The Bertz CT molecular complexity index is 472. The number of allylic oxidation sites excluding steroid dienone is 3. The summed E-state index contributed by atoms with van der Waals surface area (Å²) in [7, 11) is 0. The highest BCUT2D eigenvalue weighted by molar-refractivity contribution is 7.81. The molecule has 0 spiro atoms. The molecule has 0 heterocycles. The van der Waals surface area contributed by atoms with Crippen LogP contribution in [-0.2, 0) is 9.59 Å². The first kappa shape index (κ1) is 22.0. The van der Waals surface area contributed by atoms with Crippen LogP contribution in [0.15, 0.2) is 24.3 Å². The van der Waals surface area contributed by atoms with Crippen molar-refractivity contribution in [1.29, 1.82) is 0 Å². The molecule has 0 saturated heterocycles. The third kappa shape index (κ3) is 8.73. The minimum absolute atomic E-state index is 0.0111. The van der Waals surface area contributed by atoms with Gasteiger partial charge >= 0.3 is 5.97 Å². The Kier molecular flexibility index (Phi) is 10.8. The van der Waals surface area contributed by atoms with Crippen LogP contribution in [0.3, 0.4) is 0 Å². The fourth-order valence-corrected chi connectivity index (χ4v) is 3.70. The number of carbonyl (C=O) groups is 2. The highest BCUT2D eigenvalue weighted by atomic mass is 32.1. The molecule has 142 valence electrons. The summed E-state index contributed by atoms with van der Waals surface area (Å²) in [5, 5.41) is 18.7. The molecule has 0 aromatic rings.